The topological polar surface area (TPSA) is 70.8 Å². The summed E-state index contributed by atoms with van der Waals surface area (Å²) >= 11 is 0. The average molecular weight is 409 g/mol. The zero-order valence-corrected chi connectivity index (χ0v) is 15.2. The molecule has 4 atom stereocenters. The fourth-order valence-corrected chi connectivity index (χ4v) is 3.62. The third-order valence-corrected chi connectivity index (χ3v) is 5.61. The van der Waals surface area contributed by atoms with Gasteiger partial charge in [-0.05, 0) is 18.6 Å². The van der Waals surface area contributed by atoms with Gasteiger partial charge in [-0.25, -0.2) is 8.78 Å². The molecule has 0 saturated carbocycles. The molecule has 10 heteroatoms. The van der Waals surface area contributed by atoms with Gasteiger partial charge >= 0.3 is 6.18 Å². The number of primary amides is 1. The van der Waals surface area contributed by atoms with Crippen LogP contribution in [0.15, 0.2) is 12.1 Å². The summed E-state index contributed by atoms with van der Waals surface area (Å²) in [6.45, 7) is 2.24. The van der Waals surface area contributed by atoms with Crippen molar-refractivity contribution in [2.45, 2.75) is 50.4 Å². The van der Waals surface area contributed by atoms with Crippen LogP contribution in [0.25, 0.3) is 0 Å². The van der Waals surface area contributed by atoms with Crippen LogP contribution in [-0.2, 0) is 25.6 Å². The van der Waals surface area contributed by atoms with Crippen LogP contribution in [0.2, 0.25) is 0 Å². The molecule has 1 aromatic rings. The summed E-state index contributed by atoms with van der Waals surface area (Å²) in [5.74, 6) is -6.05. The van der Waals surface area contributed by atoms with Gasteiger partial charge in [-0.2, -0.15) is 13.2 Å². The first-order valence-electron chi connectivity index (χ1n) is 8.67. The van der Waals surface area contributed by atoms with Crippen molar-refractivity contribution in [3.63, 3.8) is 0 Å². The molecular weight excluding hydrogens is 389 g/mol. The third kappa shape index (κ3) is 3.37. The Hall–Kier alpha value is -1.78. The molecule has 0 aromatic heterocycles. The Bertz CT molecular complexity index is 767. The van der Waals surface area contributed by atoms with Gasteiger partial charge in [0.1, 0.15) is 12.2 Å². The minimum absolute atomic E-state index is 0.00316. The SMILES string of the molecule is C[C@H]1[C@@H](c2ccc(F)c(F)c2COC2COC2)[C@H](C(N)=O)O[C@@]1(C)C(F)(F)F. The van der Waals surface area contributed by atoms with Crippen LogP contribution in [0.3, 0.4) is 0 Å². The molecule has 2 saturated heterocycles. The van der Waals surface area contributed by atoms with Gasteiger partial charge < -0.3 is 19.9 Å². The molecule has 0 radical (unpaired) electrons. The predicted molar refractivity (Wildman–Crippen MR) is 86.2 cm³/mol. The minimum Gasteiger partial charge on any atom is -0.376 e. The molecule has 156 valence electrons. The summed E-state index contributed by atoms with van der Waals surface area (Å²) in [5, 5.41) is 0. The van der Waals surface area contributed by atoms with Crippen molar-refractivity contribution < 1.29 is 41.0 Å². The molecule has 1 amide bonds. The Labute approximate surface area is 157 Å². The molecule has 2 fully saturated rings. The molecule has 2 aliphatic rings. The molecule has 0 spiro atoms. The van der Waals surface area contributed by atoms with Crippen LogP contribution in [0.1, 0.15) is 30.9 Å². The van der Waals surface area contributed by atoms with Crippen LogP contribution in [0.5, 0.6) is 0 Å². The molecule has 0 bridgehead atoms. The Kier molecular flexibility index (Phi) is 5.41. The molecule has 2 heterocycles. The lowest BCUT2D eigenvalue weighted by Crippen LogP contribution is -2.47. The summed E-state index contributed by atoms with van der Waals surface area (Å²) < 4.78 is 84.6. The van der Waals surface area contributed by atoms with Crippen LogP contribution >= 0.6 is 0 Å². The van der Waals surface area contributed by atoms with Gasteiger partial charge in [-0.3, -0.25) is 4.79 Å². The lowest BCUT2D eigenvalue weighted by Gasteiger charge is -2.32. The number of ether oxygens (including phenoxy) is 3. The van der Waals surface area contributed by atoms with Gasteiger partial charge in [0, 0.05) is 17.4 Å². The van der Waals surface area contributed by atoms with E-state index in [-0.39, 0.29) is 37.1 Å². The maximum Gasteiger partial charge on any atom is 0.417 e. The molecule has 5 nitrogen and oxygen atoms in total. The van der Waals surface area contributed by atoms with E-state index in [1.807, 2.05) is 0 Å². The summed E-state index contributed by atoms with van der Waals surface area (Å²) in [6.07, 6.45) is -6.77. The predicted octanol–water partition coefficient (Wildman–Crippen LogP) is 2.81. The molecule has 1 aromatic carbocycles. The van der Waals surface area contributed by atoms with Crippen molar-refractivity contribution in [3.8, 4) is 0 Å². The molecule has 2 N–H and O–H groups in total. The van der Waals surface area contributed by atoms with Crippen LogP contribution in [0.4, 0.5) is 22.0 Å². The van der Waals surface area contributed by atoms with Crippen molar-refractivity contribution in [2.75, 3.05) is 13.2 Å². The first-order chi connectivity index (χ1) is 13.0. The van der Waals surface area contributed by atoms with Gasteiger partial charge in [0.05, 0.1) is 19.8 Å². The number of rotatable bonds is 5. The number of hydrogen-bond donors (Lipinski definition) is 1. The van der Waals surface area contributed by atoms with Gasteiger partial charge in [0.25, 0.3) is 0 Å². The molecular formula is C18H20F5NO4. The lowest BCUT2D eigenvalue weighted by molar-refractivity contribution is -0.272. The largest absolute Gasteiger partial charge is 0.417 e. The standard InChI is InChI=1S/C18H20F5NO4/c1-8-13(15(16(24)25)28-17(8,2)18(21,22)23)10-3-4-12(19)14(20)11(10)7-27-9-5-26-6-9/h3-4,8-9,13,15H,5-7H2,1-2H3,(H2,24,25)/t8-,13-,15+,17+/m0/s1. The van der Waals surface area contributed by atoms with Gasteiger partial charge in [0.15, 0.2) is 17.2 Å². The first-order valence-corrected chi connectivity index (χ1v) is 8.67. The maximum atomic E-state index is 14.5. The molecule has 28 heavy (non-hydrogen) atoms. The Morgan fingerprint density at radius 1 is 1.32 bits per heavy atom. The van der Waals surface area contributed by atoms with Crippen molar-refractivity contribution in [3.05, 3.63) is 34.9 Å². The number of benzene rings is 1. The average Bonchev–Trinajstić information content (AvgIpc) is 2.83. The van der Waals surface area contributed by atoms with Crippen molar-refractivity contribution in [1.82, 2.24) is 0 Å². The van der Waals surface area contributed by atoms with E-state index < -0.39 is 47.3 Å². The van der Waals surface area contributed by atoms with Crippen LogP contribution < -0.4 is 5.73 Å². The number of amides is 1. The Balaban J connectivity index is 2.04. The molecule has 0 aliphatic carbocycles. The smallest absolute Gasteiger partial charge is 0.376 e. The highest BCUT2D eigenvalue weighted by Crippen LogP contribution is 2.53. The van der Waals surface area contributed by atoms with E-state index in [4.69, 9.17) is 19.9 Å². The molecule has 0 unspecified atom stereocenters. The normalized spacial score (nSPS) is 31.0. The second kappa shape index (κ2) is 7.23. The van der Waals surface area contributed by atoms with E-state index in [2.05, 4.69) is 0 Å². The first kappa shape index (κ1) is 20.9. The lowest BCUT2D eigenvalue weighted by atomic mass is 9.76. The summed E-state index contributed by atoms with van der Waals surface area (Å²) in [6, 6.07) is 1.95. The summed E-state index contributed by atoms with van der Waals surface area (Å²) in [7, 11) is 0. The maximum absolute atomic E-state index is 14.5. The molecule has 3 rings (SSSR count). The number of halogens is 5. The quantitative estimate of drug-likeness (QED) is 0.760. The van der Waals surface area contributed by atoms with Crippen molar-refractivity contribution in [1.29, 1.82) is 0 Å². The second-order valence-electron chi connectivity index (χ2n) is 7.26. The zero-order valence-electron chi connectivity index (χ0n) is 15.2. The number of carbonyl (C=O) groups is 1. The number of hydrogen-bond acceptors (Lipinski definition) is 4. The fourth-order valence-electron chi connectivity index (χ4n) is 3.62. The Morgan fingerprint density at radius 3 is 2.46 bits per heavy atom. The van der Waals surface area contributed by atoms with E-state index in [1.165, 1.54) is 6.92 Å². The van der Waals surface area contributed by atoms with Crippen LogP contribution in [-0.4, -0.2) is 43.1 Å². The van der Waals surface area contributed by atoms with E-state index >= 15 is 0 Å². The monoisotopic (exact) mass is 409 g/mol. The van der Waals surface area contributed by atoms with Gasteiger partial charge in [-0.1, -0.05) is 13.0 Å². The number of carbonyl (C=O) groups excluding carboxylic acids is 1. The van der Waals surface area contributed by atoms with Crippen LogP contribution in [0, 0.1) is 17.6 Å². The number of nitrogens with two attached hydrogens (primary N) is 1. The minimum atomic E-state index is -4.80. The number of alkyl halides is 3. The van der Waals surface area contributed by atoms with Gasteiger partial charge in [-0.15, -0.1) is 0 Å². The summed E-state index contributed by atoms with van der Waals surface area (Å²) in [5.41, 5.74) is 2.34. The second-order valence-corrected chi connectivity index (χ2v) is 7.26. The van der Waals surface area contributed by atoms with Crippen molar-refractivity contribution >= 4 is 5.91 Å². The van der Waals surface area contributed by atoms with E-state index in [1.54, 1.807) is 0 Å². The summed E-state index contributed by atoms with van der Waals surface area (Å²) in [4.78, 5) is 11.8. The van der Waals surface area contributed by atoms with E-state index in [9.17, 15) is 26.7 Å². The van der Waals surface area contributed by atoms with E-state index in [0.717, 1.165) is 19.1 Å². The fraction of sp³-hybridized carbons (Fsp3) is 0.611. The highest BCUT2D eigenvalue weighted by Gasteiger charge is 2.65. The third-order valence-electron chi connectivity index (χ3n) is 5.61. The van der Waals surface area contributed by atoms with Gasteiger partial charge in [0.2, 0.25) is 5.91 Å². The molecule has 2 aliphatic heterocycles. The Morgan fingerprint density at radius 2 is 1.96 bits per heavy atom. The van der Waals surface area contributed by atoms with Crippen molar-refractivity contribution in [2.24, 2.45) is 11.7 Å². The zero-order chi connectivity index (χ0) is 20.9. The van der Waals surface area contributed by atoms with E-state index in [0.29, 0.717) is 0 Å². The highest BCUT2D eigenvalue weighted by atomic mass is 19.4. The highest BCUT2D eigenvalue weighted by molar-refractivity contribution is 5.81.